The number of hydrogen-bond acceptors (Lipinski definition) is 5. The van der Waals surface area contributed by atoms with Crippen molar-refractivity contribution >= 4 is 38.6 Å². The molecular weight excluding hydrogens is 402 g/mol. The van der Waals surface area contributed by atoms with Crippen molar-refractivity contribution in [2.45, 2.75) is 13.0 Å². The minimum absolute atomic E-state index is 0.360. The number of hydrazone groups is 1. The number of nitrogens with one attached hydrogen (secondary N) is 1. The van der Waals surface area contributed by atoms with Gasteiger partial charge < -0.3 is 4.74 Å². The monoisotopic (exact) mass is 425 g/mol. The first kappa shape index (κ1) is 21.3. The van der Waals surface area contributed by atoms with Crippen molar-refractivity contribution in [1.29, 1.82) is 0 Å². The molecule has 0 saturated carbocycles. The van der Waals surface area contributed by atoms with Crippen molar-refractivity contribution in [1.82, 2.24) is 5.43 Å². The number of anilines is 1. The minimum atomic E-state index is -3.71. The summed E-state index contributed by atoms with van der Waals surface area (Å²) >= 11 is 0. The average molecular weight is 426 g/mol. The Morgan fingerprint density at radius 2 is 1.73 bits per heavy atom. The van der Waals surface area contributed by atoms with E-state index in [1.807, 2.05) is 42.5 Å². The average Bonchev–Trinajstić information content (AvgIpc) is 2.73. The fourth-order valence-electron chi connectivity index (χ4n) is 3.16. The molecule has 1 amide bonds. The molecular formula is C22H23N3O4S. The van der Waals surface area contributed by atoms with Gasteiger partial charge in [-0.3, -0.25) is 9.10 Å². The predicted molar refractivity (Wildman–Crippen MR) is 119 cm³/mol. The number of nitrogens with zero attached hydrogens (tertiary/aromatic N) is 2. The molecule has 7 nitrogen and oxygen atoms in total. The highest BCUT2D eigenvalue weighted by Crippen LogP contribution is 2.24. The van der Waals surface area contributed by atoms with Gasteiger partial charge in [0.15, 0.2) is 0 Å². The third-order valence-corrected chi connectivity index (χ3v) is 5.86. The molecule has 1 atom stereocenters. The number of carbonyl (C=O) groups excluding carboxylic acids is 1. The number of benzene rings is 3. The van der Waals surface area contributed by atoms with Gasteiger partial charge in [0, 0.05) is 5.56 Å². The highest BCUT2D eigenvalue weighted by molar-refractivity contribution is 7.92. The SMILES string of the molecule is COc1ccc(N([C@@H](C)C(=O)N/N=C\c2cccc3ccccc23)S(C)(=O)=O)cc1. The molecule has 8 heteroatoms. The number of rotatable bonds is 7. The van der Waals surface area contributed by atoms with Crippen molar-refractivity contribution in [3.05, 3.63) is 72.3 Å². The van der Waals surface area contributed by atoms with E-state index in [1.54, 1.807) is 30.5 Å². The van der Waals surface area contributed by atoms with Crippen molar-refractivity contribution < 1.29 is 17.9 Å². The molecule has 0 aliphatic rings. The van der Waals surface area contributed by atoms with Gasteiger partial charge in [0.2, 0.25) is 10.0 Å². The van der Waals surface area contributed by atoms with Crippen LogP contribution in [0.25, 0.3) is 10.8 Å². The molecule has 30 heavy (non-hydrogen) atoms. The molecule has 3 aromatic rings. The smallest absolute Gasteiger partial charge is 0.263 e. The summed E-state index contributed by atoms with van der Waals surface area (Å²) in [6.45, 7) is 1.51. The van der Waals surface area contributed by atoms with Crippen LogP contribution in [0.4, 0.5) is 5.69 Å². The summed E-state index contributed by atoms with van der Waals surface area (Å²) in [6.07, 6.45) is 2.60. The van der Waals surface area contributed by atoms with E-state index in [0.29, 0.717) is 11.4 Å². The molecule has 0 bridgehead atoms. The zero-order chi connectivity index (χ0) is 21.7. The van der Waals surface area contributed by atoms with Crippen molar-refractivity contribution in [2.24, 2.45) is 5.10 Å². The summed E-state index contributed by atoms with van der Waals surface area (Å²) < 4.78 is 30.9. The Balaban J connectivity index is 1.79. The highest BCUT2D eigenvalue weighted by Gasteiger charge is 2.29. The minimum Gasteiger partial charge on any atom is -0.497 e. The van der Waals surface area contributed by atoms with E-state index in [0.717, 1.165) is 26.9 Å². The quantitative estimate of drug-likeness (QED) is 0.465. The molecule has 0 spiro atoms. The van der Waals surface area contributed by atoms with Gasteiger partial charge in [-0.15, -0.1) is 0 Å². The Kier molecular flexibility index (Phi) is 6.37. The number of carbonyl (C=O) groups is 1. The summed E-state index contributed by atoms with van der Waals surface area (Å²) in [5.74, 6) is 0.0386. The Morgan fingerprint density at radius 3 is 2.40 bits per heavy atom. The lowest BCUT2D eigenvalue weighted by atomic mass is 10.1. The van der Waals surface area contributed by atoms with Crippen LogP contribution >= 0.6 is 0 Å². The summed E-state index contributed by atoms with van der Waals surface area (Å²) in [6, 6.07) is 19.1. The Morgan fingerprint density at radius 1 is 1.07 bits per heavy atom. The van der Waals surface area contributed by atoms with Crippen LogP contribution in [-0.4, -0.2) is 39.9 Å². The topological polar surface area (TPSA) is 88.1 Å². The van der Waals surface area contributed by atoms with Crippen LogP contribution in [0.1, 0.15) is 12.5 Å². The molecule has 0 unspecified atom stereocenters. The second kappa shape index (κ2) is 8.96. The van der Waals surface area contributed by atoms with Crippen LogP contribution in [0.3, 0.4) is 0 Å². The fourth-order valence-corrected chi connectivity index (χ4v) is 4.33. The second-order valence-electron chi connectivity index (χ2n) is 6.74. The van der Waals surface area contributed by atoms with E-state index in [2.05, 4.69) is 10.5 Å². The molecule has 0 aromatic heterocycles. The Bertz CT molecular complexity index is 1170. The summed E-state index contributed by atoms with van der Waals surface area (Å²) in [4.78, 5) is 12.6. The number of fused-ring (bicyclic) bond motifs is 1. The molecule has 0 heterocycles. The van der Waals surface area contributed by atoms with E-state index in [9.17, 15) is 13.2 Å². The van der Waals surface area contributed by atoms with Crippen LogP contribution in [0.15, 0.2) is 71.8 Å². The zero-order valence-corrected chi connectivity index (χ0v) is 17.8. The van der Waals surface area contributed by atoms with Crippen molar-refractivity contribution in [3.8, 4) is 5.75 Å². The summed E-state index contributed by atoms with van der Waals surface area (Å²) in [5, 5.41) is 6.09. The van der Waals surface area contributed by atoms with E-state index < -0.39 is 22.0 Å². The van der Waals surface area contributed by atoms with Gasteiger partial charge in [-0.05, 0) is 42.0 Å². The van der Waals surface area contributed by atoms with E-state index in [4.69, 9.17) is 4.74 Å². The first-order valence-electron chi connectivity index (χ1n) is 9.25. The standard InChI is InChI=1S/C22H23N3O4S/c1-16(25(30(3,27)28)19-11-13-20(29-2)14-12-19)22(26)24-23-15-18-9-6-8-17-7-4-5-10-21(17)18/h4-16H,1-3H3,(H,24,26)/b23-15-/t16-/m0/s1. The molecule has 0 aliphatic carbocycles. The highest BCUT2D eigenvalue weighted by atomic mass is 32.2. The van der Waals surface area contributed by atoms with E-state index >= 15 is 0 Å². The molecule has 0 saturated heterocycles. The molecule has 3 rings (SSSR count). The Hall–Kier alpha value is -3.39. The van der Waals surface area contributed by atoms with Crippen molar-refractivity contribution in [2.75, 3.05) is 17.7 Å². The summed E-state index contributed by atoms with van der Waals surface area (Å²) in [5.41, 5.74) is 3.64. The van der Waals surface area contributed by atoms with Crippen LogP contribution < -0.4 is 14.5 Å². The lowest BCUT2D eigenvalue weighted by Gasteiger charge is -2.27. The molecule has 156 valence electrons. The van der Waals surface area contributed by atoms with E-state index in [1.165, 1.54) is 14.0 Å². The van der Waals surface area contributed by atoms with Gasteiger partial charge in [-0.25, -0.2) is 13.8 Å². The molecule has 0 aliphatic heterocycles. The largest absolute Gasteiger partial charge is 0.497 e. The normalized spacial score (nSPS) is 12.6. The van der Waals surface area contributed by atoms with Gasteiger partial charge in [0.05, 0.1) is 25.3 Å². The van der Waals surface area contributed by atoms with Crippen LogP contribution in [0.5, 0.6) is 5.75 Å². The maximum atomic E-state index is 12.6. The van der Waals surface area contributed by atoms with Gasteiger partial charge >= 0.3 is 0 Å². The lowest BCUT2D eigenvalue weighted by Crippen LogP contribution is -2.46. The van der Waals surface area contributed by atoms with Gasteiger partial charge in [-0.1, -0.05) is 42.5 Å². The summed E-state index contributed by atoms with van der Waals surface area (Å²) in [7, 11) is -2.19. The predicted octanol–water partition coefficient (Wildman–Crippen LogP) is 3.15. The van der Waals surface area contributed by atoms with E-state index in [-0.39, 0.29) is 0 Å². The number of sulfonamides is 1. The van der Waals surface area contributed by atoms with Gasteiger partial charge in [-0.2, -0.15) is 5.10 Å². The molecule has 1 N–H and O–H groups in total. The number of hydrogen-bond donors (Lipinski definition) is 1. The number of amides is 1. The second-order valence-corrected chi connectivity index (χ2v) is 8.59. The first-order chi connectivity index (χ1) is 14.3. The van der Waals surface area contributed by atoms with Gasteiger partial charge in [0.25, 0.3) is 5.91 Å². The maximum absolute atomic E-state index is 12.6. The maximum Gasteiger partial charge on any atom is 0.263 e. The first-order valence-corrected chi connectivity index (χ1v) is 11.1. The molecule has 3 aromatic carbocycles. The van der Waals surface area contributed by atoms with Crippen LogP contribution in [0.2, 0.25) is 0 Å². The van der Waals surface area contributed by atoms with Crippen LogP contribution in [0, 0.1) is 0 Å². The van der Waals surface area contributed by atoms with Crippen LogP contribution in [-0.2, 0) is 14.8 Å². The molecule has 0 fully saturated rings. The fraction of sp³-hybridized carbons (Fsp3) is 0.182. The lowest BCUT2D eigenvalue weighted by molar-refractivity contribution is -0.121. The molecule has 0 radical (unpaired) electrons. The van der Waals surface area contributed by atoms with Gasteiger partial charge in [0.1, 0.15) is 11.8 Å². The third kappa shape index (κ3) is 4.77. The zero-order valence-electron chi connectivity index (χ0n) is 16.9. The third-order valence-electron chi connectivity index (χ3n) is 4.62. The Labute approximate surface area is 176 Å². The van der Waals surface area contributed by atoms with Crippen molar-refractivity contribution in [3.63, 3.8) is 0 Å². The number of ether oxygens (including phenoxy) is 1. The number of methoxy groups -OCH3 is 1.